The van der Waals surface area contributed by atoms with Crippen molar-refractivity contribution in [1.82, 2.24) is 4.90 Å². The van der Waals surface area contributed by atoms with Gasteiger partial charge in [-0.05, 0) is 18.2 Å². The highest BCUT2D eigenvalue weighted by Gasteiger charge is 2.47. The Balaban J connectivity index is 2.21. The van der Waals surface area contributed by atoms with Crippen LogP contribution >= 0.6 is 11.6 Å². The maximum Gasteiger partial charge on any atom is 0.295 e. The van der Waals surface area contributed by atoms with E-state index in [1.54, 1.807) is 12.1 Å². The number of methoxy groups -OCH3 is 3. The standard InChI is InChI=1S/C20H20ClNO7/c1-26-8-6-22-17(13-5-4-7-29-13)16(19(24)20(22)25)18(23)11-9-15(28-3)12(21)10-14(11)27-2/h4-5,7,9-10,17,23H,6,8H2,1-3H3/b18-16+. The number of amides is 1. The Morgan fingerprint density at radius 3 is 2.52 bits per heavy atom. The van der Waals surface area contributed by atoms with E-state index in [2.05, 4.69) is 0 Å². The van der Waals surface area contributed by atoms with Crippen LogP contribution in [-0.4, -0.2) is 56.2 Å². The molecular weight excluding hydrogens is 402 g/mol. The molecule has 9 heteroatoms. The minimum Gasteiger partial charge on any atom is -0.507 e. The molecular formula is C20H20ClNO7. The first-order valence-corrected chi connectivity index (χ1v) is 9.05. The number of carbonyl (C=O) groups excluding carboxylic acids is 2. The Morgan fingerprint density at radius 2 is 1.93 bits per heavy atom. The van der Waals surface area contributed by atoms with Crippen LogP contribution in [0.25, 0.3) is 5.76 Å². The van der Waals surface area contributed by atoms with Crippen molar-refractivity contribution in [2.75, 3.05) is 34.5 Å². The van der Waals surface area contributed by atoms with Gasteiger partial charge in [-0.25, -0.2) is 0 Å². The lowest BCUT2D eigenvalue weighted by atomic mass is 9.98. The number of furan rings is 1. The number of hydrogen-bond donors (Lipinski definition) is 1. The van der Waals surface area contributed by atoms with Crippen LogP contribution in [0.1, 0.15) is 17.4 Å². The molecule has 2 heterocycles. The summed E-state index contributed by atoms with van der Waals surface area (Å²) in [4.78, 5) is 26.8. The fourth-order valence-electron chi connectivity index (χ4n) is 3.23. The van der Waals surface area contributed by atoms with E-state index in [1.165, 1.54) is 44.6 Å². The predicted octanol–water partition coefficient (Wildman–Crippen LogP) is 3.02. The number of benzene rings is 1. The average Bonchev–Trinajstić information content (AvgIpc) is 3.33. The molecule has 1 atom stereocenters. The molecule has 1 N–H and O–H groups in total. The van der Waals surface area contributed by atoms with Gasteiger partial charge in [-0.1, -0.05) is 11.6 Å². The zero-order valence-electron chi connectivity index (χ0n) is 16.1. The number of likely N-dealkylation sites (tertiary alicyclic amines) is 1. The number of rotatable bonds is 7. The van der Waals surface area contributed by atoms with Gasteiger partial charge in [-0.3, -0.25) is 9.59 Å². The molecule has 0 spiro atoms. The van der Waals surface area contributed by atoms with Gasteiger partial charge in [0, 0.05) is 19.7 Å². The zero-order chi connectivity index (χ0) is 21.1. The number of ether oxygens (including phenoxy) is 3. The van der Waals surface area contributed by atoms with Crippen molar-refractivity contribution in [3.8, 4) is 11.5 Å². The number of Topliss-reactive ketones (excluding diaryl/α,β-unsaturated/α-hetero) is 1. The van der Waals surface area contributed by atoms with Gasteiger partial charge in [0.25, 0.3) is 11.7 Å². The lowest BCUT2D eigenvalue weighted by molar-refractivity contribution is -0.140. The van der Waals surface area contributed by atoms with Gasteiger partial charge < -0.3 is 28.6 Å². The molecule has 1 aromatic carbocycles. The molecule has 0 aliphatic carbocycles. The second-order valence-corrected chi connectivity index (χ2v) is 6.59. The van der Waals surface area contributed by atoms with Gasteiger partial charge in [0.05, 0.1) is 43.2 Å². The summed E-state index contributed by atoms with van der Waals surface area (Å²) in [5, 5.41) is 11.3. The molecule has 1 aliphatic rings. The summed E-state index contributed by atoms with van der Waals surface area (Å²) in [6, 6.07) is 5.25. The third-order valence-corrected chi connectivity index (χ3v) is 4.91. The second-order valence-electron chi connectivity index (χ2n) is 6.19. The molecule has 29 heavy (non-hydrogen) atoms. The number of aliphatic hydroxyl groups excluding tert-OH is 1. The van der Waals surface area contributed by atoms with Gasteiger partial charge in [0.1, 0.15) is 29.1 Å². The molecule has 8 nitrogen and oxygen atoms in total. The van der Waals surface area contributed by atoms with E-state index in [0.717, 1.165) is 0 Å². The maximum atomic E-state index is 12.8. The SMILES string of the molecule is COCCN1C(=O)C(=O)/C(=C(/O)c2cc(OC)c(Cl)cc2OC)C1c1ccco1. The smallest absolute Gasteiger partial charge is 0.295 e. The largest absolute Gasteiger partial charge is 0.507 e. The Labute approximate surface area is 172 Å². The van der Waals surface area contributed by atoms with Crippen LogP contribution in [0, 0.1) is 0 Å². The number of nitrogens with zero attached hydrogens (tertiary/aromatic N) is 1. The molecule has 0 radical (unpaired) electrons. The van der Waals surface area contributed by atoms with Crippen LogP contribution in [0.4, 0.5) is 0 Å². The van der Waals surface area contributed by atoms with Crippen molar-refractivity contribution < 1.29 is 33.3 Å². The minimum absolute atomic E-state index is 0.122. The van der Waals surface area contributed by atoms with E-state index in [1.807, 2.05) is 0 Å². The third-order valence-electron chi connectivity index (χ3n) is 4.62. The van der Waals surface area contributed by atoms with Gasteiger partial charge in [0.15, 0.2) is 0 Å². The Bertz CT molecular complexity index is 952. The lowest BCUT2D eigenvalue weighted by Crippen LogP contribution is -2.32. The van der Waals surface area contributed by atoms with E-state index in [-0.39, 0.29) is 40.8 Å². The molecule has 0 saturated carbocycles. The molecule has 1 aliphatic heterocycles. The highest BCUT2D eigenvalue weighted by molar-refractivity contribution is 6.46. The summed E-state index contributed by atoms with van der Waals surface area (Å²) >= 11 is 6.13. The molecule has 1 unspecified atom stereocenters. The summed E-state index contributed by atoms with van der Waals surface area (Å²) in [5.74, 6) is -1.19. The van der Waals surface area contributed by atoms with E-state index in [0.29, 0.717) is 5.76 Å². The van der Waals surface area contributed by atoms with Crippen LogP contribution in [-0.2, 0) is 14.3 Å². The fraction of sp³-hybridized carbons (Fsp3) is 0.300. The molecule has 154 valence electrons. The average molecular weight is 422 g/mol. The summed E-state index contributed by atoms with van der Waals surface area (Å²) in [5.41, 5.74) is 0.0405. The van der Waals surface area contributed by atoms with Gasteiger partial charge >= 0.3 is 0 Å². The summed E-state index contributed by atoms with van der Waals surface area (Å²) in [6.45, 7) is 0.354. The number of aliphatic hydroxyl groups is 1. The van der Waals surface area contributed by atoms with Gasteiger partial charge in [-0.15, -0.1) is 0 Å². The van der Waals surface area contributed by atoms with Crippen molar-refractivity contribution in [2.24, 2.45) is 0 Å². The van der Waals surface area contributed by atoms with E-state index in [9.17, 15) is 14.7 Å². The van der Waals surface area contributed by atoms with Crippen molar-refractivity contribution >= 4 is 29.1 Å². The highest BCUT2D eigenvalue weighted by atomic mass is 35.5. The zero-order valence-corrected chi connectivity index (χ0v) is 16.9. The van der Waals surface area contributed by atoms with Crippen molar-refractivity contribution in [1.29, 1.82) is 0 Å². The normalized spacial score (nSPS) is 18.3. The summed E-state index contributed by atoms with van der Waals surface area (Å²) in [6.07, 6.45) is 1.43. The first kappa shape index (κ1) is 20.8. The van der Waals surface area contributed by atoms with Crippen LogP contribution < -0.4 is 9.47 Å². The first-order valence-electron chi connectivity index (χ1n) is 8.67. The quantitative estimate of drug-likeness (QED) is 0.416. The Hall–Kier alpha value is -2.97. The van der Waals surface area contributed by atoms with Crippen LogP contribution in [0.5, 0.6) is 11.5 Å². The van der Waals surface area contributed by atoms with E-state index < -0.39 is 23.5 Å². The van der Waals surface area contributed by atoms with E-state index in [4.69, 9.17) is 30.2 Å². The fourth-order valence-corrected chi connectivity index (χ4v) is 3.46. The lowest BCUT2D eigenvalue weighted by Gasteiger charge is -2.23. The number of halogens is 1. The van der Waals surface area contributed by atoms with Crippen LogP contribution in [0.15, 0.2) is 40.5 Å². The van der Waals surface area contributed by atoms with Gasteiger partial charge in [-0.2, -0.15) is 0 Å². The monoisotopic (exact) mass is 421 g/mol. The Morgan fingerprint density at radius 1 is 1.21 bits per heavy atom. The topological polar surface area (TPSA) is 98.4 Å². The predicted molar refractivity (Wildman–Crippen MR) is 104 cm³/mol. The van der Waals surface area contributed by atoms with Crippen LogP contribution in [0.3, 0.4) is 0 Å². The third kappa shape index (κ3) is 3.68. The molecule has 0 bridgehead atoms. The summed E-state index contributed by atoms with van der Waals surface area (Å²) < 4.78 is 21.0. The van der Waals surface area contributed by atoms with Crippen molar-refractivity contribution in [3.05, 3.63) is 52.4 Å². The van der Waals surface area contributed by atoms with Crippen molar-refractivity contribution in [2.45, 2.75) is 6.04 Å². The number of ketones is 1. The summed E-state index contributed by atoms with van der Waals surface area (Å²) in [7, 11) is 4.31. The number of hydrogen-bond acceptors (Lipinski definition) is 7. The Kier molecular flexibility index (Phi) is 6.14. The molecule has 1 amide bonds. The molecule has 3 rings (SSSR count). The van der Waals surface area contributed by atoms with E-state index >= 15 is 0 Å². The molecule has 2 aromatic rings. The first-order chi connectivity index (χ1) is 13.9. The maximum absolute atomic E-state index is 12.8. The molecule has 1 saturated heterocycles. The number of carbonyl (C=O) groups is 2. The molecule has 1 fully saturated rings. The molecule has 1 aromatic heterocycles. The van der Waals surface area contributed by atoms with Crippen molar-refractivity contribution in [3.63, 3.8) is 0 Å². The second kappa shape index (κ2) is 8.59. The van der Waals surface area contributed by atoms with Crippen LogP contribution in [0.2, 0.25) is 5.02 Å². The van der Waals surface area contributed by atoms with Gasteiger partial charge in [0.2, 0.25) is 0 Å². The highest BCUT2D eigenvalue weighted by Crippen LogP contribution is 2.42. The minimum atomic E-state index is -0.911.